The third kappa shape index (κ3) is 3.27. The Labute approximate surface area is 148 Å². The summed E-state index contributed by atoms with van der Waals surface area (Å²) < 4.78 is 5.47. The third-order valence-corrected chi connectivity index (χ3v) is 4.36. The van der Waals surface area contributed by atoms with Crippen LogP contribution in [0.25, 0.3) is 22.2 Å². The van der Waals surface area contributed by atoms with Crippen LogP contribution in [-0.2, 0) is 4.74 Å². The number of carbonyl (C=O) groups excluding carboxylic acids is 1. The van der Waals surface area contributed by atoms with E-state index in [0.717, 1.165) is 45.3 Å². The minimum Gasteiger partial charge on any atom is -0.462 e. The zero-order valence-corrected chi connectivity index (χ0v) is 15.2. The van der Waals surface area contributed by atoms with Crippen LogP contribution in [0.1, 0.15) is 40.4 Å². The van der Waals surface area contributed by atoms with Gasteiger partial charge in [-0.15, -0.1) is 0 Å². The first-order valence-electron chi connectivity index (χ1n) is 8.67. The highest BCUT2D eigenvalue weighted by Crippen LogP contribution is 2.32. The lowest BCUT2D eigenvalue weighted by molar-refractivity contribution is 0.0506. The van der Waals surface area contributed by atoms with Gasteiger partial charge in [-0.3, -0.25) is 0 Å². The van der Waals surface area contributed by atoms with E-state index >= 15 is 0 Å². The van der Waals surface area contributed by atoms with Gasteiger partial charge in [0, 0.05) is 10.9 Å². The highest BCUT2D eigenvalue weighted by molar-refractivity contribution is 6.07. The highest BCUT2D eigenvalue weighted by Gasteiger charge is 2.21. The first kappa shape index (κ1) is 17.2. The van der Waals surface area contributed by atoms with E-state index in [9.17, 15) is 4.79 Å². The Kier molecular flexibility index (Phi) is 4.84. The van der Waals surface area contributed by atoms with E-state index in [4.69, 9.17) is 9.72 Å². The van der Waals surface area contributed by atoms with Gasteiger partial charge in [0.25, 0.3) is 0 Å². The van der Waals surface area contributed by atoms with Crippen LogP contribution in [0, 0.1) is 20.8 Å². The number of fused-ring (bicyclic) bond motifs is 1. The van der Waals surface area contributed by atoms with Gasteiger partial charge in [0.15, 0.2) is 0 Å². The minimum atomic E-state index is -0.270. The van der Waals surface area contributed by atoms with Gasteiger partial charge in [-0.2, -0.15) is 0 Å². The molecule has 0 aliphatic heterocycles. The predicted octanol–water partition coefficient (Wildman–Crippen LogP) is 5.39. The molecule has 1 heterocycles. The molecule has 0 saturated carbocycles. The van der Waals surface area contributed by atoms with Gasteiger partial charge in [-0.25, -0.2) is 9.78 Å². The Morgan fingerprint density at radius 3 is 2.48 bits per heavy atom. The fourth-order valence-corrected chi connectivity index (χ4v) is 3.22. The molecule has 0 spiro atoms. The zero-order valence-electron chi connectivity index (χ0n) is 15.2. The van der Waals surface area contributed by atoms with Crippen molar-refractivity contribution in [3.8, 4) is 11.3 Å². The van der Waals surface area contributed by atoms with E-state index in [2.05, 4.69) is 6.07 Å². The normalized spacial score (nSPS) is 10.9. The Morgan fingerprint density at radius 1 is 1.08 bits per heavy atom. The molecule has 0 N–H and O–H groups in total. The number of ether oxygens (including phenoxy) is 1. The fourth-order valence-electron chi connectivity index (χ4n) is 3.22. The molecule has 1 aromatic heterocycles. The summed E-state index contributed by atoms with van der Waals surface area (Å²) in [6.07, 6.45) is 0.803. The van der Waals surface area contributed by atoms with Crippen molar-refractivity contribution >= 4 is 16.9 Å². The lowest BCUT2D eigenvalue weighted by atomic mass is 9.95. The fraction of sp³-hybridized carbons (Fsp3) is 0.273. The number of nitrogens with zero attached hydrogens (tertiary/aromatic N) is 1. The molecule has 0 radical (unpaired) electrons. The topological polar surface area (TPSA) is 39.2 Å². The molecule has 0 aliphatic carbocycles. The van der Waals surface area contributed by atoms with Crippen LogP contribution in [0.2, 0.25) is 0 Å². The summed E-state index contributed by atoms with van der Waals surface area (Å²) in [7, 11) is 0. The average molecular weight is 333 g/mol. The number of aryl methyl sites for hydroxylation is 2. The molecular weight excluding hydrogens is 310 g/mol. The van der Waals surface area contributed by atoms with Crippen LogP contribution < -0.4 is 0 Å². The summed E-state index contributed by atoms with van der Waals surface area (Å²) in [4.78, 5) is 17.7. The monoisotopic (exact) mass is 333 g/mol. The maximum Gasteiger partial charge on any atom is 0.339 e. The lowest BCUT2D eigenvalue weighted by Crippen LogP contribution is -2.11. The van der Waals surface area contributed by atoms with E-state index in [-0.39, 0.29) is 5.97 Å². The summed E-state index contributed by atoms with van der Waals surface area (Å²) in [5, 5.41) is 0.871. The quantitative estimate of drug-likeness (QED) is 0.601. The van der Waals surface area contributed by atoms with Gasteiger partial charge in [0.1, 0.15) is 0 Å². The largest absolute Gasteiger partial charge is 0.462 e. The van der Waals surface area contributed by atoms with E-state index in [1.807, 2.05) is 64.1 Å². The Bertz CT molecular complexity index is 930. The zero-order chi connectivity index (χ0) is 18.0. The van der Waals surface area contributed by atoms with Crippen LogP contribution in [0.15, 0.2) is 42.5 Å². The molecule has 0 atom stereocenters. The molecule has 3 heteroatoms. The molecule has 0 saturated heterocycles. The number of benzene rings is 2. The van der Waals surface area contributed by atoms with Crippen LogP contribution in [0.5, 0.6) is 0 Å². The average Bonchev–Trinajstić information content (AvgIpc) is 2.60. The van der Waals surface area contributed by atoms with E-state index in [0.29, 0.717) is 12.2 Å². The molecule has 25 heavy (non-hydrogen) atoms. The van der Waals surface area contributed by atoms with Gasteiger partial charge in [0.05, 0.1) is 23.4 Å². The number of carbonyl (C=O) groups is 1. The molecule has 0 bridgehead atoms. The first-order valence-corrected chi connectivity index (χ1v) is 8.67. The molecule has 0 aliphatic rings. The van der Waals surface area contributed by atoms with Crippen LogP contribution in [0.3, 0.4) is 0 Å². The number of pyridine rings is 1. The maximum atomic E-state index is 12.8. The van der Waals surface area contributed by atoms with Crippen LogP contribution in [0.4, 0.5) is 0 Å². The van der Waals surface area contributed by atoms with Crippen molar-refractivity contribution in [2.24, 2.45) is 0 Å². The summed E-state index contributed by atoms with van der Waals surface area (Å²) >= 11 is 0. The molecule has 0 unspecified atom stereocenters. The molecular formula is C22H23NO2. The van der Waals surface area contributed by atoms with Gasteiger partial charge in [-0.1, -0.05) is 48.9 Å². The van der Waals surface area contributed by atoms with Gasteiger partial charge < -0.3 is 4.74 Å². The van der Waals surface area contributed by atoms with E-state index in [1.54, 1.807) is 0 Å². The third-order valence-electron chi connectivity index (χ3n) is 4.36. The summed E-state index contributed by atoms with van der Waals surface area (Å²) in [5.74, 6) is -0.270. The second kappa shape index (κ2) is 7.06. The number of hydrogen-bond acceptors (Lipinski definition) is 3. The molecule has 3 rings (SSSR count). The molecule has 3 nitrogen and oxygen atoms in total. The summed E-state index contributed by atoms with van der Waals surface area (Å²) in [6.45, 7) is 8.44. The van der Waals surface area contributed by atoms with Crippen molar-refractivity contribution < 1.29 is 9.53 Å². The number of hydrogen-bond donors (Lipinski definition) is 0. The second-order valence-corrected chi connectivity index (χ2v) is 6.44. The molecule has 2 aromatic carbocycles. The Hall–Kier alpha value is -2.68. The van der Waals surface area contributed by atoms with Gasteiger partial charge in [-0.05, 0) is 44.4 Å². The molecule has 3 aromatic rings. The molecule has 128 valence electrons. The smallest absolute Gasteiger partial charge is 0.339 e. The number of aromatic nitrogens is 1. The molecule has 0 amide bonds. The van der Waals surface area contributed by atoms with Crippen molar-refractivity contribution in [2.75, 3.05) is 6.61 Å². The Balaban J connectivity index is 2.33. The van der Waals surface area contributed by atoms with Crippen molar-refractivity contribution in [2.45, 2.75) is 34.1 Å². The molecule has 0 fully saturated rings. The van der Waals surface area contributed by atoms with Crippen molar-refractivity contribution in [1.29, 1.82) is 0 Å². The first-order chi connectivity index (χ1) is 12.0. The van der Waals surface area contributed by atoms with E-state index in [1.165, 1.54) is 0 Å². The summed E-state index contributed by atoms with van der Waals surface area (Å²) in [6, 6.07) is 14.1. The SMILES string of the molecule is CCCOC(=O)c1c(C)c(-c2ccccc2)nc2c(C)cc(C)cc12. The van der Waals surface area contributed by atoms with E-state index < -0.39 is 0 Å². The highest BCUT2D eigenvalue weighted by atomic mass is 16.5. The van der Waals surface area contributed by atoms with Crippen molar-refractivity contribution in [3.05, 3.63) is 64.7 Å². The van der Waals surface area contributed by atoms with Gasteiger partial charge in [0.2, 0.25) is 0 Å². The van der Waals surface area contributed by atoms with Gasteiger partial charge >= 0.3 is 5.97 Å². The predicted molar refractivity (Wildman–Crippen MR) is 102 cm³/mol. The van der Waals surface area contributed by atoms with Crippen molar-refractivity contribution in [1.82, 2.24) is 4.98 Å². The Morgan fingerprint density at radius 2 is 1.80 bits per heavy atom. The maximum absolute atomic E-state index is 12.8. The van der Waals surface area contributed by atoms with Crippen LogP contribution >= 0.6 is 0 Å². The number of esters is 1. The minimum absolute atomic E-state index is 0.270. The lowest BCUT2D eigenvalue weighted by Gasteiger charge is -2.16. The van der Waals surface area contributed by atoms with Crippen LogP contribution in [-0.4, -0.2) is 17.6 Å². The number of rotatable bonds is 4. The van der Waals surface area contributed by atoms with Crippen molar-refractivity contribution in [3.63, 3.8) is 0 Å². The standard InChI is InChI=1S/C22H23NO2/c1-5-11-25-22(24)19-16(4)21(17-9-7-6-8-10-17)23-20-15(3)12-14(2)13-18(19)20/h6-10,12-13H,5,11H2,1-4H3. The summed E-state index contributed by atoms with van der Waals surface area (Å²) in [5.41, 5.74) is 6.38. The second-order valence-electron chi connectivity index (χ2n) is 6.44.